The quantitative estimate of drug-likeness (QED) is 0.721. The number of carbonyl (C=O) groups is 1. The van der Waals surface area contributed by atoms with Gasteiger partial charge in [0.25, 0.3) is 0 Å². The number of amides is 1. The number of sulfonamides is 1. The number of thiophene rings is 1. The van der Waals surface area contributed by atoms with Gasteiger partial charge in [0.05, 0.1) is 17.1 Å². The first-order valence-corrected chi connectivity index (χ1v) is 11.4. The van der Waals surface area contributed by atoms with Crippen LogP contribution in [-0.2, 0) is 14.8 Å². The van der Waals surface area contributed by atoms with Gasteiger partial charge in [-0.25, -0.2) is 13.1 Å². The molecule has 148 valence electrons. The van der Waals surface area contributed by atoms with Crippen molar-refractivity contribution in [3.8, 4) is 6.07 Å². The molecule has 1 amide bonds. The van der Waals surface area contributed by atoms with Crippen LogP contribution in [0.2, 0.25) is 5.02 Å². The molecule has 0 spiro atoms. The Balaban J connectivity index is 1.47. The van der Waals surface area contributed by atoms with Gasteiger partial charge in [-0.15, -0.1) is 11.3 Å². The van der Waals surface area contributed by atoms with Crippen molar-refractivity contribution in [3.63, 3.8) is 0 Å². The summed E-state index contributed by atoms with van der Waals surface area (Å²) in [6.07, 6.45) is 1.28. The summed E-state index contributed by atoms with van der Waals surface area (Å²) in [5, 5.41) is 13.7. The van der Waals surface area contributed by atoms with Crippen LogP contribution in [-0.4, -0.2) is 44.9 Å². The highest BCUT2D eigenvalue weighted by Crippen LogP contribution is 2.21. The second-order valence-electron chi connectivity index (χ2n) is 6.46. The highest BCUT2D eigenvalue weighted by molar-refractivity contribution is 7.91. The molecular weight excluding hydrogens is 420 g/mol. The average molecular weight is 439 g/mol. The standard InChI is InChI=1S/C18H19ClN4O3S2/c19-16-10-15(4-3-13(16)11-20)21-17(24)12-23-7-5-14(6-8-23)22-28(25,26)18-2-1-9-27-18/h1-4,9-10,14,22H,5-8,12H2,(H,21,24). The van der Waals surface area contributed by atoms with Crippen molar-refractivity contribution in [1.82, 2.24) is 9.62 Å². The molecule has 1 aromatic carbocycles. The van der Waals surface area contributed by atoms with Crippen LogP contribution in [0, 0.1) is 11.3 Å². The van der Waals surface area contributed by atoms with Crippen LogP contribution in [0.3, 0.4) is 0 Å². The first-order chi connectivity index (χ1) is 13.4. The van der Waals surface area contributed by atoms with Crippen LogP contribution in [0.25, 0.3) is 0 Å². The Hall–Kier alpha value is -1.96. The normalized spacial score (nSPS) is 15.9. The lowest BCUT2D eigenvalue weighted by Crippen LogP contribution is -2.46. The molecule has 1 saturated heterocycles. The van der Waals surface area contributed by atoms with Gasteiger partial charge in [-0.1, -0.05) is 17.7 Å². The summed E-state index contributed by atoms with van der Waals surface area (Å²) >= 11 is 7.16. The van der Waals surface area contributed by atoms with E-state index in [1.54, 1.807) is 35.7 Å². The summed E-state index contributed by atoms with van der Waals surface area (Å²) in [6, 6.07) is 9.87. The third kappa shape index (κ3) is 5.31. The lowest BCUT2D eigenvalue weighted by atomic mass is 10.1. The summed E-state index contributed by atoms with van der Waals surface area (Å²) in [7, 11) is -3.47. The van der Waals surface area contributed by atoms with E-state index in [0.29, 0.717) is 46.4 Å². The van der Waals surface area contributed by atoms with Crippen LogP contribution in [0.1, 0.15) is 18.4 Å². The number of nitriles is 1. The molecule has 0 aliphatic carbocycles. The molecule has 0 bridgehead atoms. The van der Waals surface area contributed by atoms with E-state index in [1.807, 2.05) is 11.0 Å². The van der Waals surface area contributed by atoms with E-state index in [0.717, 1.165) is 0 Å². The number of nitrogens with one attached hydrogen (secondary N) is 2. The van der Waals surface area contributed by atoms with Crippen molar-refractivity contribution >= 4 is 44.6 Å². The summed E-state index contributed by atoms with van der Waals surface area (Å²) < 4.78 is 27.6. The van der Waals surface area contributed by atoms with Crippen LogP contribution >= 0.6 is 22.9 Å². The topological polar surface area (TPSA) is 102 Å². The van der Waals surface area contributed by atoms with Crippen molar-refractivity contribution in [3.05, 3.63) is 46.3 Å². The van der Waals surface area contributed by atoms with E-state index >= 15 is 0 Å². The first-order valence-electron chi connectivity index (χ1n) is 8.65. The van der Waals surface area contributed by atoms with Gasteiger partial charge in [-0.3, -0.25) is 9.69 Å². The summed E-state index contributed by atoms with van der Waals surface area (Å²) in [6.45, 7) is 1.46. The Morgan fingerprint density at radius 2 is 2.07 bits per heavy atom. The summed E-state index contributed by atoms with van der Waals surface area (Å²) in [5.41, 5.74) is 0.888. The van der Waals surface area contributed by atoms with Crippen LogP contribution in [0.4, 0.5) is 5.69 Å². The third-order valence-electron chi connectivity index (χ3n) is 4.41. The van der Waals surface area contributed by atoms with E-state index in [9.17, 15) is 13.2 Å². The Bertz CT molecular complexity index is 979. The predicted octanol–water partition coefficient (Wildman–Crippen LogP) is 2.65. The van der Waals surface area contributed by atoms with Gasteiger partial charge < -0.3 is 5.32 Å². The molecule has 0 saturated carbocycles. The van der Waals surface area contributed by atoms with Gasteiger partial charge in [-0.2, -0.15) is 5.26 Å². The predicted molar refractivity (Wildman–Crippen MR) is 109 cm³/mol. The number of rotatable bonds is 6. The molecule has 2 N–H and O–H groups in total. The van der Waals surface area contributed by atoms with Crippen LogP contribution in [0.5, 0.6) is 0 Å². The second kappa shape index (κ2) is 9.03. The molecule has 1 aliphatic rings. The molecule has 7 nitrogen and oxygen atoms in total. The molecule has 0 unspecified atom stereocenters. The molecule has 0 radical (unpaired) electrons. The molecule has 3 rings (SSSR count). The van der Waals surface area contributed by atoms with Crippen molar-refractivity contribution < 1.29 is 13.2 Å². The molecule has 28 heavy (non-hydrogen) atoms. The highest BCUT2D eigenvalue weighted by atomic mass is 35.5. The van der Waals surface area contributed by atoms with E-state index in [-0.39, 0.29) is 18.5 Å². The fourth-order valence-corrected chi connectivity index (χ4v) is 5.53. The number of carbonyl (C=O) groups excluding carboxylic acids is 1. The Kier molecular flexibility index (Phi) is 6.69. The van der Waals surface area contributed by atoms with E-state index < -0.39 is 10.0 Å². The van der Waals surface area contributed by atoms with Gasteiger partial charge in [-0.05, 0) is 42.5 Å². The van der Waals surface area contributed by atoms with Gasteiger partial charge in [0.2, 0.25) is 15.9 Å². The van der Waals surface area contributed by atoms with E-state index in [1.165, 1.54) is 11.3 Å². The lowest BCUT2D eigenvalue weighted by molar-refractivity contribution is -0.117. The van der Waals surface area contributed by atoms with Gasteiger partial charge in [0, 0.05) is 24.8 Å². The molecule has 1 aromatic heterocycles. The molecule has 0 atom stereocenters. The SMILES string of the molecule is N#Cc1ccc(NC(=O)CN2CCC(NS(=O)(=O)c3cccs3)CC2)cc1Cl. The maximum absolute atomic E-state index is 12.3. The molecule has 2 aromatic rings. The molecule has 1 fully saturated rings. The van der Waals surface area contributed by atoms with Gasteiger partial charge in [0.1, 0.15) is 10.3 Å². The second-order valence-corrected chi connectivity index (χ2v) is 9.75. The first kappa shape index (κ1) is 20.8. The van der Waals surface area contributed by atoms with Crippen LogP contribution in [0.15, 0.2) is 39.9 Å². The number of benzene rings is 1. The number of piperidine rings is 1. The summed E-state index contributed by atoms with van der Waals surface area (Å²) in [4.78, 5) is 14.2. The van der Waals surface area contributed by atoms with E-state index in [2.05, 4.69) is 10.0 Å². The monoisotopic (exact) mass is 438 g/mol. The minimum atomic E-state index is -3.47. The van der Waals surface area contributed by atoms with Crippen molar-refractivity contribution in [2.24, 2.45) is 0 Å². The number of hydrogen-bond donors (Lipinski definition) is 2. The number of halogens is 1. The smallest absolute Gasteiger partial charge is 0.250 e. The van der Waals surface area contributed by atoms with Crippen molar-refractivity contribution in [2.45, 2.75) is 23.1 Å². The zero-order valence-electron chi connectivity index (χ0n) is 14.9. The number of nitrogens with zero attached hydrogens (tertiary/aromatic N) is 2. The van der Waals surface area contributed by atoms with E-state index in [4.69, 9.17) is 16.9 Å². The van der Waals surface area contributed by atoms with Crippen molar-refractivity contribution in [2.75, 3.05) is 25.0 Å². The third-order valence-corrected chi connectivity index (χ3v) is 7.64. The fraction of sp³-hybridized carbons (Fsp3) is 0.333. The number of likely N-dealkylation sites (tertiary alicyclic amines) is 1. The largest absolute Gasteiger partial charge is 0.325 e. The molecule has 1 aliphatic heterocycles. The maximum Gasteiger partial charge on any atom is 0.250 e. The molecular formula is C18H19ClN4O3S2. The fourth-order valence-electron chi connectivity index (χ4n) is 2.99. The highest BCUT2D eigenvalue weighted by Gasteiger charge is 2.26. The Labute approximate surface area is 173 Å². The number of anilines is 1. The van der Waals surface area contributed by atoms with Gasteiger partial charge >= 0.3 is 0 Å². The minimum absolute atomic E-state index is 0.135. The number of hydrogen-bond acceptors (Lipinski definition) is 6. The molecule has 10 heteroatoms. The Morgan fingerprint density at radius 1 is 1.32 bits per heavy atom. The lowest BCUT2D eigenvalue weighted by Gasteiger charge is -2.31. The average Bonchev–Trinajstić information content (AvgIpc) is 3.19. The summed E-state index contributed by atoms with van der Waals surface area (Å²) in [5.74, 6) is -0.182. The van der Waals surface area contributed by atoms with Gasteiger partial charge in [0.15, 0.2) is 0 Å². The maximum atomic E-state index is 12.3. The Morgan fingerprint density at radius 3 is 2.68 bits per heavy atom. The van der Waals surface area contributed by atoms with Crippen molar-refractivity contribution in [1.29, 1.82) is 5.26 Å². The molecule has 2 heterocycles. The zero-order valence-corrected chi connectivity index (χ0v) is 17.3. The minimum Gasteiger partial charge on any atom is -0.325 e. The van der Waals surface area contributed by atoms with Crippen LogP contribution < -0.4 is 10.0 Å². The zero-order chi connectivity index (χ0) is 20.1.